The van der Waals surface area contributed by atoms with Crippen molar-refractivity contribution in [1.82, 2.24) is 14.7 Å². The van der Waals surface area contributed by atoms with Gasteiger partial charge in [-0.15, -0.1) is 11.3 Å². The molecule has 3 aliphatic rings. The lowest BCUT2D eigenvalue weighted by Crippen LogP contribution is -2.50. The molecule has 39 heavy (non-hydrogen) atoms. The topological polar surface area (TPSA) is 83.7 Å². The molecule has 1 aromatic carbocycles. The van der Waals surface area contributed by atoms with Crippen LogP contribution in [-0.2, 0) is 14.4 Å². The maximum atomic E-state index is 16.0. The number of thiophene rings is 1. The Morgan fingerprint density at radius 1 is 1.00 bits per heavy atom. The van der Waals surface area contributed by atoms with Crippen molar-refractivity contribution >= 4 is 47.8 Å². The van der Waals surface area contributed by atoms with Crippen LogP contribution in [0.15, 0.2) is 83.9 Å². The van der Waals surface area contributed by atoms with Crippen molar-refractivity contribution in [2.75, 3.05) is 19.7 Å². The molecule has 0 saturated carbocycles. The van der Waals surface area contributed by atoms with Crippen LogP contribution in [0.25, 0.3) is 16.6 Å². The van der Waals surface area contributed by atoms with Crippen LogP contribution in [0.4, 0.5) is 8.63 Å². The molecule has 12 heteroatoms. The average Bonchev–Trinajstić information content (AvgIpc) is 3.72. The zero-order valence-electron chi connectivity index (χ0n) is 20.4. The Morgan fingerprint density at radius 2 is 1.77 bits per heavy atom. The highest BCUT2D eigenvalue weighted by Crippen LogP contribution is 2.37. The molecule has 0 unspecified atom stereocenters. The first-order chi connectivity index (χ1) is 18.8. The SMILES string of the molecule is O=C(COc1ccc(C2=[N+]3C(=Cc4ccc(-c5cccs5)n4[B-]3(F)F)C=C2)cc1)NCCN1C(=O)C=CC1=O. The molecule has 0 bridgehead atoms. The summed E-state index contributed by atoms with van der Waals surface area (Å²) in [6.07, 6.45) is 7.47. The summed E-state index contributed by atoms with van der Waals surface area (Å²) >= 11 is 1.42. The number of imide groups is 1. The van der Waals surface area contributed by atoms with E-state index < -0.39 is 24.7 Å². The molecule has 196 valence electrons. The van der Waals surface area contributed by atoms with E-state index >= 15 is 8.63 Å². The lowest BCUT2D eigenvalue weighted by Gasteiger charge is -2.30. The Morgan fingerprint density at radius 3 is 2.49 bits per heavy atom. The number of hydrogen-bond donors (Lipinski definition) is 1. The summed E-state index contributed by atoms with van der Waals surface area (Å²) in [6, 6.07) is 13.7. The standard InChI is InChI=1S/C27H21BF2N4O4S/c29-28(30)33-19(16-20-6-10-23(34(20)28)24-2-1-15-39-24)5-9-22(33)18-3-7-21(8-4-18)38-17-25(35)31-13-14-32-26(36)11-12-27(32)37/h1-12,15-16H,13-14,17H2,(H,31,35). The first-order valence-corrected chi connectivity index (χ1v) is 13.1. The Kier molecular flexibility index (Phi) is 6.11. The van der Waals surface area contributed by atoms with E-state index in [0.717, 1.165) is 18.7 Å². The number of nitrogens with one attached hydrogen (secondary N) is 1. The van der Waals surface area contributed by atoms with Gasteiger partial charge in [0.2, 0.25) is 0 Å². The van der Waals surface area contributed by atoms with Gasteiger partial charge < -0.3 is 27.6 Å². The summed E-state index contributed by atoms with van der Waals surface area (Å²) < 4.78 is 39.8. The lowest BCUT2D eigenvalue weighted by atomic mass is 9.90. The molecule has 0 aliphatic carbocycles. The molecule has 5 heterocycles. The number of halogens is 2. The van der Waals surface area contributed by atoms with Crippen molar-refractivity contribution in [3.8, 4) is 16.3 Å². The van der Waals surface area contributed by atoms with E-state index in [4.69, 9.17) is 4.74 Å². The molecule has 0 saturated heterocycles. The van der Waals surface area contributed by atoms with E-state index in [-0.39, 0.29) is 19.7 Å². The maximum absolute atomic E-state index is 16.0. The Labute approximate surface area is 225 Å². The zero-order chi connectivity index (χ0) is 27.1. The number of ether oxygens (including phenoxy) is 1. The van der Waals surface area contributed by atoms with Crippen molar-refractivity contribution in [3.05, 3.63) is 95.2 Å². The molecule has 3 amide bonds. The summed E-state index contributed by atoms with van der Waals surface area (Å²) in [5, 5.41) is 4.46. The van der Waals surface area contributed by atoms with E-state index in [1.165, 1.54) is 23.5 Å². The van der Waals surface area contributed by atoms with Gasteiger partial charge in [-0.2, -0.15) is 0 Å². The van der Waals surface area contributed by atoms with Gasteiger partial charge in [0.15, 0.2) is 18.0 Å². The number of benzene rings is 1. The van der Waals surface area contributed by atoms with E-state index in [0.29, 0.717) is 34.1 Å². The van der Waals surface area contributed by atoms with Crippen LogP contribution in [-0.4, -0.2) is 64.0 Å². The third-order valence-electron chi connectivity index (χ3n) is 6.67. The van der Waals surface area contributed by atoms with Crippen LogP contribution in [0, 0.1) is 0 Å². The second kappa shape index (κ2) is 9.62. The highest BCUT2D eigenvalue weighted by atomic mass is 32.1. The molecule has 3 aliphatic heterocycles. The summed E-state index contributed by atoms with van der Waals surface area (Å²) in [6.45, 7) is -4.27. The van der Waals surface area contributed by atoms with E-state index in [1.807, 2.05) is 17.5 Å². The van der Waals surface area contributed by atoms with E-state index in [2.05, 4.69) is 5.32 Å². The highest BCUT2D eigenvalue weighted by molar-refractivity contribution is 7.13. The number of amides is 3. The van der Waals surface area contributed by atoms with Crippen LogP contribution in [0.5, 0.6) is 5.75 Å². The van der Waals surface area contributed by atoms with Crippen LogP contribution in [0.1, 0.15) is 11.3 Å². The lowest BCUT2D eigenvalue weighted by molar-refractivity contribution is -0.360. The van der Waals surface area contributed by atoms with Gasteiger partial charge in [-0.1, -0.05) is 6.07 Å². The van der Waals surface area contributed by atoms with Crippen molar-refractivity contribution in [2.45, 2.75) is 0 Å². The van der Waals surface area contributed by atoms with Gasteiger partial charge in [0.1, 0.15) is 5.75 Å². The van der Waals surface area contributed by atoms with E-state index in [9.17, 15) is 14.4 Å². The maximum Gasteiger partial charge on any atom is 0.737 e. The molecule has 0 fully saturated rings. The van der Waals surface area contributed by atoms with Gasteiger partial charge >= 0.3 is 6.97 Å². The normalized spacial score (nSPS) is 17.0. The number of carbonyl (C=O) groups is 3. The van der Waals surface area contributed by atoms with Gasteiger partial charge in [-0.3, -0.25) is 19.3 Å². The minimum Gasteiger partial charge on any atom is -0.484 e. The van der Waals surface area contributed by atoms with Crippen molar-refractivity contribution < 1.29 is 32.2 Å². The fraction of sp³-hybridized carbons (Fsp3) is 0.111. The predicted octanol–water partition coefficient (Wildman–Crippen LogP) is 3.29. The zero-order valence-corrected chi connectivity index (χ0v) is 21.2. The monoisotopic (exact) mass is 546 g/mol. The van der Waals surface area contributed by atoms with Crippen LogP contribution in [0.3, 0.4) is 0 Å². The van der Waals surface area contributed by atoms with E-state index in [1.54, 1.807) is 54.6 Å². The Bertz CT molecular complexity index is 1600. The smallest absolute Gasteiger partial charge is 0.484 e. The Hall–Kier alpha value is -4.58. The van der Waals surface area contributed by atoms with Crippen molar-refractivity contribution in [2.24, 2.45) is 0 Å². The number of nitrogens with zero attached hydrogens (tertiary/aromatic N) is 3. The molecular weight excluding hydrogens is 525 g/mol. The second-order valence-electron chi connectivity index (χ2n) is 9.06. The second-order valence-corrected chi connectivity index (χ2v) is 10.0. The van der Waals surface area contributed by atoms with Crippen LogP contribution >= 0.6 is 11.3 Å². The van der Waals surface area contributed by atoms with Crippen molar-refractivity contribution in [1.29, 1.82) is 0 Å². The third-order valence-corrected chi connectivity index (χ3v) is 7.56. The molecule has 2 aromatic heterocycles. The van der Waals surface area contributed by atoms with Crippen LogP contribution in [0.2, 0.25) is 0 Å². The minimum absolute atomic E-state index is 0.0651. The van der Waals surface area contributed by atoms with Crippen molar-refractivity contribution in [3.63, 3.8) is 0 Å². The number of carbonyl (C=O) groups excluding carboxylic acids is 3. The minimum atomic E-state index is -4.16. The van der Waals surface area contributed by atoms with Gasteiger partial charge in [0, 0.05) is 65.3 Å². The molecule has 0 spiro atoms. The molecule has 3 aromatic rings. The summed E-state index contributed by atoms with van der Waals surface area (Å²) in [5.41, 5.74) is 2.30. The van der Waals surface area contributed by atoms with Crippen LogP contribution < -0.4 is 10.1 Å². The fourth-order valence-corrected chi connectivity index (χ4v) is 5.61. The number of aromatic nitrogens is 1. The predicted molar refractivity (Wildman–Crippen MR) is 143 cm³/mol. The fourth-order valence-electron chi connectivity index (χ4n) is 4.86. The number of hydrogen-bond acceptors (Lipinski definition) is 5. The first kappa shape index (κ1) is 24.7. The quantitative estimate of drug-likeness (QED) is 0.348. The van der Waals surface area contributed by atoms with Gasteiger partial charge in [-0.05, 0) is 47.8 Å². The molecular formula is C27H21BF2N4O4S. The Balaban J connectivity index is 1.14. The average molecular weight is 546 g/mol. The first-order valence-electron chi connectivity index (χ1n) is 12.2. The number of allylic oxidation sites excluding steroid dienone is 2. The summed E-state index contributed by atoms with van der Waals surface area (Å²) in [5.74, 6) is -0.856. The largest absolute Gasteiger partial charge is 0.737 e. The molecule has 0 radical (unpaired) electrons. The molecule has 6 rings (SSSR count). The highest BCUT2D eigenvalue weighted by Gasteiger charge is 2.52. The molecule has 8 nitrogen and oxygen atoms in total. The molecule has 0 atom stereocenters. The van der Waals surface area contributed by atoms with Gasteiger partial charge in [-0.25, -0.2) is 0 Å². The number of fused-ring (bicyclic) bond motifs is 2. The van der Waals surface area contributed by atoms with Gasteiger partial charge in [0.05, 0.1) is 0 Å². The number of rotatable bonds is 8. The summed E-state index contributed by atoms with van der Waals surface area (Å²) in [4.78, 5) is 37.0. The van der Waals surface area contributed by atoms with Gasteiger partial charge in [0.25, 0.3) is 17.7 Å². The molecule has 1 N–H and O–H groups in total. The summed E-state index contributed by atoms with van der Waals surface area (Å²) in [7, 11) is 0. The third kappa shape index (κ3) is 4.42.